The molecule has 28 heavy (non-hydrogen) atoms. The highest BCUT2D eigenvalue weighted by Gasteiger charge is 2.16. The number of ether oxygens (including phenoxy) is 1. The normalized spacial score (nSPS) is 10.4. The maximum atomic E-state index is 12.1. The molecule has 0 bridgehead atoms. The first-order chi connectivity index (χ1) is 13.6. The van der Waals surface area contributed by atoms with E-state index in [9.17, 15) is 9.59 Å². The van der Waals surface area contributed by atoms with Crippen LogP contribution >= 0.6 is 11.6 Å². The molecule has 9 heteroatoms. The van der Waals surface area contributed by atoms with Crippen LogP contribution in [0.5, 0.6) is 5.75 Å². The van der Waals surface area contributed by atoms with E-state index in [1.54, 1.807) is 55.6 Å². The lowest BCUT2D eigenvalue weighted by atomic mass is 10.2. The van der Waals surface area contributed by atoms with E-state index >= 15 is 0 Å². The largest absolute Gasteiger partial charge is 0.497 e. The number of nitrogens with one attached hydrogen (secondary N) is 2. The summed E-state index contributed by atoms with van der Waals surface area (Å²) in [4.78, 5) is 28.1. The molecule has 1 aromatic heterocycles. The molecule has 0 aliphatic rings. The third-order valence-corrected chi connectivity index (χ3v) is 4.02. The van der Waals surface area contributed by atoms with E-state index in [-0.39, 0.29) is 24.9 Å². The summed E-state index contributed by atoms with van der Waals surface area (Å²) in [6.07, 6.45) is 0. The van der Waals surface area contributed by atoms with Crippen LogP contribution < -0.4 is 15.4 Å². The van der Waals surface area contributed by atoms with Crippen LogP contribution in [0, 0.1) is 0 Å². The van der Waals surface area contributed by atoms with Crippen LogP contribution in [0.3, 0.4) is 0 Å². The molecule has 0 aliphatic carbocycles. The monoisotopic (exact) mass is 400 g/mol. The Morgan fingerprint density at radius 3 is 2.29 bits per heavy atom. The molecule has 2 N–H and O–H groups in total. The molecule has 144 valence electrons. The molecule has 8 nitrogen and oxygen atoms in total. The van der Waals surface area contributed by atoms with Gasteiger partial charge in [-0.05, 0) is 48.5 Å². The summed E-state index contributed by atoms with van der Waals surface area (Å²) in [6.45, 7) is 0.449. The molecule has 1 heterocycles. The topological polar surface area (TPSA) is 106 Å². The van der Waals surface area contributed by atoms with E-state index in [4.69, 9.17) is 20.9 Å². The first-order valence-corrected chi connectivity index (χ1v) is 8.74. The first-order valence-electron chi connectivity index (χ1n) is 8.37. The van der Waals surface area contributed by atoms with Crippen molar-refractivity contribution in [3.63, 3.8) is 0 Å². The van der Waals surface area contributed by atoms with Crippen molar-refractivity contribution in [3.8, 4) is 17.1 Å². The minimum atomic E-state index is -0.520. The van der Waals surface area contributed by atoms with E-state index in [0.717, 1.165) is 0 Å². The Hall–Kier alpha value is -3.39. The molecule has 0 saturated heterocycles. The number of hydrogen-bond acceptors (Lipinski definition) is 6. The molecular weight excluding hydrogens is 384 g/mol. The van der Waals surface area contributed by atoms with Crippen molar-refractivity contribution in [2.24, 2.45) is 0 Å². The second kappa shape index (κ2) is 9.01. The van der Waals surface area contributed by atoms with Gasteiger partial charge in [-0.2, -0.15) is 4.98 Å². The van der Waals surface area contributed by atoms with Gasteiger partial charge in [0.15, 0.2) is 0 Å². The van der Waals surface area contributed by atoms with E-state index in [1.165, 1.54) is 0 Å². The lowest BCUT2D eigenvalue weighted by Gasteiger charge is -2.05. The highest BCUT2D eigenvalue weighted by molar-refractivity contribution is 6.30. The van der Waals surface area contributed by atoms with E-state index in [2.05, 4.69) is 20.8 Å². The number of methoxy groups -OCH3 is 1. The Bertz CT molecular complexity index is 955. The zero-order valence-electron chi connectivity index (χ0n) is 14.9. The third-order valence-electron chi connectivity index (χ3n) is 3.77. The molecule has 3 aromatic rings. The minimum absolute atomic E-state index is 0.158. The number of amides is 2. The van der Waals surface area contributed by atoms with Crippen molar-refractivity contribution in [1.29, 1.82) is 0 Å². The average molecular weight is 401 g/mol. The lowest BCUT2D eigenvalue weighted by molar-refractivity contribution is 0.0898. The van der Waals surface area contributed by atoms with Crippen LogP contribution in [0.25, 0.3) is 11.4 Å². The summed E-state index contributed by atoms with van der Waals surface area (Å²) in [5.74, 6) is 0.0584. The molecule has 0 aliphatic heterocycles. The van der Waals surface area contributed by atoms with Gasteiger partial charge in [0.1, 0.15) is 5.75 Å². The second-order valence-corrected chi connectivity index (χ2v) is 6.11. The van der Waals surface area contributed by atoms with E-state index in [0.29, 0.717) is 27.7 Å². The van der Waals surface area contributed by atoms with E-state index < -0.39 is 5.91 Å². The quantitative estimate of drug-likeness (QED) is 0.590. The number of nitrogens with zero attached hydrogens (tertiary/aromatic N) is 2. The Morgan fingerprint density at radius 2 is 1.64 bits per heavy atom. The Labute approximate surface area is 165 Å². The standard InChI is InChI=1S/C19H17ClN4O4/c1-27-15-8-4-12(5-9-15)16-23-19(28-24-16)18(26)22-11-10-21-17(25)13-2-6-14(20)7-3-13/h2-9H,10-11H2,1H3,(H,21,25)(H,22,26). The zero-order valence-corrected chi connectivity index (χ0v) is 15.7. The molecule has 2 amide bonds. The fraction of sp³-hybridized carbons (Fsp3) is 0.158. The molecule has 0 fully saturated rings. The molecular formula is C19H17ClN4O4. The van der Waals surface area contributed by atoms with Crippen molar-refractivity contribution >= 4 is 23.4 Å². The fourth-order valence-electron chi connectivity index (χ4n) is 2.30. The smallest absolute Gasteiger partial charge is 0.316 e. The summed E-state index contributed by atoms with van der Waals surface area (Å²) >= 11 is 5.79. The molecule has 0 spiro atoms. The van der Waals surface area contributed by atoms with Crippen molar-refractivity contribution < 1.29 is 18.8 Å². The minimum Gasteiger partial charge on any atom is -0.497 e. The Kier molecular flexibility index (Phi) is 6.23. The van der Waals surface area contributed by atoms with Gasteiger partial charge in [-0.25, -0.2) is 0 Å². The molecule has 2 aromatic carbocycles. The third kappa shape index (κ3) is 4.86. The predicted molar refractivity (Wildman–Crippen MR) is 102 cm³/mol. The van der Waals surface area contributed by atoms with Crippen LogP contribution in [-0.4, -0.2) is 42.2 Å². The summed E-state index contributed by atoms with van der Waals surface area (Å²) in [5.41, 5.74) is 1.18. The van der Waals surface area contributed by atoms with Gasteiger partial charge in [0.2, 0.25) is 5.82 Å². The number of rotatable bonds is 7. The number of aromatic nitrogens is 2. The number of halogens is 1. The van der Waals surface area contributed by atoms with Crippen molar-refractivity contribution in [2.75, 3.05) is 20.2 Å². The van der Waals surface area contributed by atoms with Crippen molar-refractivity contribution in [2.45, 2.75) is 0 Å². The highest BCUT2D eigenvalue weighted by atomic mass is 35.5. The maximum absolute atomic E-state index is 12.1. The number of carbonyl (C=O) groups excluding carboxylic acids is 2. The van der Waals surface area contributed by atoms with Crippen molar-refractivity contribution in [3.05, 3.63) is 65.0 Å². The van der Waals surface area contributed by atoms with Crippen LogP contribution in [0.2, 0.25) is 5.02 Å². The van der Waals surface area contributed by atoms with Gasteiger partial charge in [-0.1, -0.05) is 16.8 Å². The van der Waals surface area contributed by atoms with Crippen LogP contribution in [-0.2, 0) is 0 Å². The second-order valence-electron chi connectivity index (χ2n) is 5.67. The zero-order chi connectivity index (χ0) is 19.9. The van der Waals surface area contributed by atoms with Crippen LogP contribution in [0.1, 0.15) is 21.0 Å². The van der Waals surface area contributed by atoms with Gasteiger partial charge >= 0.3 is 11.8 Å². The van der Waals surface area contributed by atoms with Crippen LogP contribution in [0.15, 0.2) is 53.1 Å². The summed E-state index contributed by atoms with van der Waals surface area (Å²) in [7, 11) is 1.57. The SMILES string of the molecule is COc1ccc(-c2noc(C(=O)NCCNC(=O)c3ccc(Cl)cc3)n2)cc1. The predicted octanol–water partition coefficient (Wildman–Crippen LogP) is 2.56. The molecule has 3 rings (SSSR count). The van der Waals surface area contributed by atoms with Gasteiger partial charge in [0.05, 0.1) is 7.11 Å². The van der Waals surface area contributed by atoms with Gasteiger partial charge in [0, 0.05) is 29.2 Å². The number of hydrogen-bond donors (Lipinski definition) is 2. The fourth-order valence-corrected chi connectivity index (χ4v) is 2.43. The van der Waals surface area contributed by atoms with Crippen molar-refractivity contribution in [1.82, 2.24) is 20.8 Å². The first kappa shape index (κ1) is 19.4. The average Bonchev–Trinajstić information content (AvgIpc) is 3.22. The summed E-state index contributed by atoms with van der Waals surface area (Å²) < 4.78 is 10.1. The Balaban J connectivity index is 1.48. The summed E-state index contributed by atoms with van der Waals surface area (Å²) in [5, 5.41) is 9.65. The molecule has 0 saturated carbocycles. The summed E-state index contributed by atoms with van der Waals surface area (Å²) in [6, 6.07) is 13.5. The highest BCUT2D eigenvalue weighted by Crippen LogP contribution is 2.19. The van der Waals surface area contributed by atoms with Gasteiger partial charge < -0.3 is 19.9 Å². The van der Waals surface area contributed by atoms with Gasteiger partial charge in [0.25, 0.3) is 5.91 Å². The van der Waals surface area contributed by atoms with Gasteiger partial charge in [-0.3, -0.25) is 9.59 Å². The van der Waals surface area contributed by atoms with Crippen LogP contribution in [0.4, 0.5) is 0 Å². The number of carbonyl (C=O) groups is 2. The lowest BCUT2D eigenvalue weighted by Crippen LogP contribution is -2.34. The molecule has 0 radical (unpaired) electrons. The molecule has 0 atom stereocenters. The van der Waals surface area contributed by atoms with Gasteiger partial charge in [-0.15, -0.1) is 0 Å². The maximum Gasteiger partial charge on any atom is 0.316 e. The molecule has 0 unspecified atom stereocenters. The number of benzene rings is 2. The Morgan fingerprint density at radius 1 is 1.00 bits per heavy atom. The van der Waals surface area contributed by atoms with E-state index in [1.807, 2.05) is 0 Å².